The molecular formula is C14H11Cl3. The largest absolute Gasteiger partial charge is 0.216 e. The summed E-state index contributed by atoms with van der Waals surface area (Å²) in [5.74, 6) is 0. The Morgan fingerprint density at radius 1 is 0.765 bits per heavy atom. The molecule has 0 spiro atoms. The van der Waals surface area contributed by atoms with Crippen molar-refractivity contribution >= 4 is 34.8 Å². The van der Waals surface area contributed by atoms with Crippen LogP contribution in [0.2, 0.25) is 0 Å². The molecule has 0 aromatic heterocycles. The molecular weight excluding hydrogens is 275 g/mol. The van der Waals surface area contributed by atoms with E-state index in [0.29, 0.717) is 5.56 Å². The van der Waals surface area contributed by atoms with Gasteiger partial charge in [-0.2, -0.15) is 0 Å². The minimum atomic E-state index is -1.40. The average Bonchev–Trinajstić information content (AvgIpc) is 2.28. The van der Waals surface area contributed by atoms with E-state index in [2.05, 4.69) is 0 Å². The van der Waals surface area contributed by atoms with Gasteiger partial charge < -0.3 is 0 Å². The Kier molecular flexibility index (Phi) is 3.67. The summed E-state index contributed by atoms with van der Waals surface area (Å²) < 4.78 is -1.40. The van der Waals surface area contributed by atoms with Crippen LogP contribution >= 0.6 is 34.8 Å². The van der Waals surface area contributed by atoms with Gasteiger partial charge in [0.15, 0.2) is 0 Å². The first-order valence-electron chi connectivity index (χ1n) is 5.22. The summed E-state index contributed by atoms with van der Waals surface area (Å²) in [6.07, 6.45) is 0. The standard InChI is InChI=1S/C14H11Cl3/c1-10-6-2-3-7-11(10)12-8-4-5-9-13(12)14(15,16)17/h2-9H,1H3. The molecule has 88 valence electrons. The third-order valence-corrected chi connectivity index (χ3v) is 3.28. The Labute approximate surface area is 116 Å². The number of halogens is 3. The summed E-state index contributed by atoms with van der Waals surface area (Å²) in [5.41, 5.74) is 3.92. The van der Waals surface area contributed by atoms with Crippen LogP contribution in [0.1, 0.15) is 11.1 Å². The fourth-order valence-electron chi connectivity index (χ4n) is 1.84. The highest BCUT2D eigenvalue weighted by molar-refractivity contribution is 6.67. The zero-order chi connectivity index (χ0) is 12.5. The highest BCUT2D eigenvalue weighted by atomic mass is 35.6. The number of hydrogen-bond donors (Lipinski definition) is 0. The van der Waals surface area contributed by atoms with E-state index in [1.807, 2.05) is 55.5 Å². The summed E-state index contributed by atoms with van der Waals surface area (Å²) >= 11 is 18.0. The molecule has 0 bridgehead atoms. The van der Waals surface area contributed by atoms with Crippen molar-refractivity contribution in [2.75, 3.05) is 0 Å². The first-order valence-corrected chi connectivity index (χ1v) is 6.36. The van der Waals surface area contributed by atoms with Crippen molar-refractivity contribution in [3.63, 3.8) is 0 Å². The molecule has 2 aromatic carbocycles. The number of aryl methyl sites for hydroxylation is 1. The zero-order valence-electron chi connectivity index (χ0n) is 9.25. The number of hydrogen-bond acceptors (Lipinski definition) is 0. The second-order valence-electron chi connectivity index (χ2n) is 3.86. The lowest BCUT2D eigenvalue weighted by Crippen LogP contribution is -2.03. The molecule has 0 fully saturated rings. The summed E-state index contributed by atoms with van der Waals surface area (Å²) in [5, 5.41) is 0. The molecule has 0 atom stereocenters. The van der Waals surface area contributed by atoms with Gasteiger partial charge in [-0.15, -0.1) is 0 Å². The molecule has 17 heavy (non-hydrogen) atoms. The van der Waals surface area contributed by atoms with Gasteiger partial charge in [0.2, 0.25) is 3.79 Å². The zero-order valence-corrected chi connectivity index (χ0v) is 11.5. The molecule has 2 rings (SSSR count). The van der Waals surface area contributed by atoms with E-state index in [1.165, 1.54) is 0 Å². The maximum absolute atomic E-state index is 6.00. The lowest BCUT2D eigenvalue weighted by Gasteiger charge is -2.17. The lowest BCUT2D eigenvalue weighted by atomic mass is 9.97. The molecule has 0 amide bonds. The van der Waals surface area contributed by atoms with Crippen LogP contribution in [0.15, 0.2) is 48.5 Å². The molecule has 0 aliphatic rings. The van der Waals surface area contributed by atoms with Gasteiger partial charge in [0.25, 0.3) is 0 Å². The number of alkyl halides is 3. The number of rotatable bonds is 1. The maximum atomic E-state index is 6.00. The number of benzene rings is 2. The quantitative estimate of drug-likeness (QED) is 0.608. The lowest BCUT2D eigenvalue weighted by molar-refractivity contribution is 1.24. The summed E-state index contributed by atoms with van der Waals surface area (Å²) in [7, 11) is 0. The topological polar surface area (TPSA) is 0 Å². The average molecular weight is 286 g/mol. The smallest absolute Gasteiger partial charge is 0.0784 e. The molecule has 0 heterocycles. The molecule has 0 aliphatic heterocycles. The third-order valence-electron chi connectivity index (χ3n) is 2.67. The van der Waals surface area contributed by atoms with Crippen LogP contribution in [0.5, 0.6) is 0 Å². The first-order chi connectivity index (χ1) is 8.00. The van der Waals surface area contributed by atoms with Gasteiger partial charge in [0.1, 0.15) is 0 Å². The van der Waals surface area contributed by atoms with Crippen molar-refractivity contribution in [3.05, 3.63) is 59.7 Å². The van der Waals surface area contributed by atoms with Crippen molar-refractivity contribution < 1.29 is 0 Å². The predicted octanol–water partition coefficient (Wildman–Crippen LogP) is 5.49. The van der Waals surface area contributed by atoms with Gasteiger partial charge in [0, 0.05) is 5.56 Å². The highest BCUT2D eigenvalue weighted by Crippen LogP contribution is 2.43. The Hall–Kier alpha value is -0.690. The highest BCUT2D eigenvalue weighted by Gasteiger charge is 2.26. The van der Waals surface area contributed by atoms with Crippen molar-refractivity contribution in [3.8, 4) is 11.1 Å². The van der Waals surface area contributed by atoms with E-state index in [-0.39, 0.29) is 0 Å². The van der Waals surface area contributed by atoms with Crippen LogP contribution < -0.4 is 0 Å². The van der Waals surface area contributed by atoms with E-state index < -0.39 is 3.79 Å². The van der Waals surface area contributed by atoms with Crippen molar-refractivity contribution in [2.45, 2.75) is 10.7 Å². The fourth-order valence-corrected chi connectivity index (χ4v) is 2.33. The van der Waals surface area contributed by atoms with Crippen LogP contribution in [0, 0.1) is 6.92 Å². The molecule has 0 unspecified atom stereocenters. The molecule has 0 N–H and O–H groups in total. The van der Waals surface area contributed by atoms with E-state index in [9.17, 15) is 0 Å². The molecule has 0 saturated heterocycles. The van der Waals surface area contributed by atoms with Crippen LogP contribution in [0.4, 0.5) is 0 Å². The van der Waals surface area contributed by atoms with Gasteiger partial charge >= 0.3 is 0 Å². The molecule has 2 aromatic rings. The summed E-state index contributed by atoms with van der Waals surface area (Å²) in [6.45, 7) is 2.05. The second-order valence-corrected chi connectivity index (χ2v) is 6.14. The summed E-state index contributed by atoms with van der Waals surface area (Å²) in [4.78, 5) is 0. The van der Waals surface area contributed by atoms with Crippen LogP contribution in [0.25, 0.3) is 11.1 Å². The van der Waals surface area contributed by atoms with Gasteiger partial charge in [-0.1, -0.05) is 83.3 Å². The van der Waals surface area contributed by atoms with Gasteiger partial charge in [-0.05, 0) is 23.6 Å². The Morgan fingerprint density at radius 2 is 1.29 bits per heavy atom. The van der Waals surface area contributed by atoms with Crippen LogP contribution in [0.3, 0.4) is 0 Å². The van der Waals surface area contributed by atoms with Gasteiger partial charge in [0.05, 0.1) is 0 Å². The van der Waals surface area contributed by atoms with Crippen molar-refractivity contribution in [1.29, 1.82) is 0 Å². The van der Waals surface area contributed by atoms with E-state index >= 15 is 0 Å². The maximum Gasteiger partial charge on any atom is 0.216 e. The SMILES string of the molecule is Cc1ccccc1-c1ccccc1C(Cl)(Cl)Cl. The van der Waals surface area contributed by atoms with E-state index in [4.69, 9.17) is 34.8 Å². The Bertz CT molecular complexity index is 527. The summed E-state index contributed by atoms with van der Waals surface area (Å²) in [6, 6.07) is 15.7. The van der Waals surface area contributed by atoms with Crippen molar-refractivity contribution in [1.82, 2.24) is 0 Å². The first kappa shape index (κ1) is 12.8. The molecule has 0 saturated carbocycles. The van der Waals surface area contributed by atoms with Gasteiger partial charge in [-0.25, -0.2) is 0 Å². The second kappa shape index (κ2) is 4.89. The fraction of sp³-hybridized carbons (Fsp3) is 0.143. The van der Waals surface area contributed by atoms with Crippen molar-refractivity contribution in [2.24, 2.45) is 0 Å². The Morgan fingerprint density at radius 3 is 1.88 bits per heavy atom. The third kappa shape index (κ3) is 2.77. The van der Waals surface area contributed by atoms with E-state index in [1.54, 1.807) is 0 Å². The van der Waals surface area contributed by atoms with Crippen LogP contribution in [-0.4, -0.2) is 0 Å². The molecule has 0 radical (unpaired) electrons. The van der Waals surface area contributed by atoms with Gasteiger partial charge in [-0.3, -0.25) is 0 Å². The minimum Gasteiger partial charge on any atom is -0.0784 e. The molecule has 0 nitrogen and oxygen atoms in total. The Balaban J connectivity index is 2.65. The predicted molar refractivity (Wildman–Crippen MR) is 75.9 cm³/mol. The van der Waals surface area contributed by atoms with E-state index in [0.717, 1.165) is 16.7 Å². The monoisotopic (exact) mass is 284 g/mol. The normalized spacial score (nSPS) is 11.5. The molecule has 3 heteroatoms. The minimum absolute atomic E-state index is 0.708. The van der Waals surface area contributed by atoms with Crippen LogP contribution in [-0.2, 0) is 3.79 Å². The molecule has 0 aliphatic carbocycles.